The first-order valence-corrected chi connectivity index (χ1v) is 7.63. The van der Waals surface area contributed by atoms with Crippen molar-refractivity contribution in [3.8, 4) is 0 Å². The molecule has 1 N–H and O–H groups in total. The highest BCUT2D eigenvalue weighted by molar-refractivity contribution is 8.00. The van der Waals surface area contributed by atoms with Gasteiger partial charge in [-0.3, -0.25) is 0 Å². The Labute approximate surface area is 109 Å². The minimum absolute atomic E-state index is 0.303. The number of benzene rings is 1. The van der Waals surface area contributed by atoms with Gasteiger partial charge in [-0.15, -0.1) is 11.8 Å². The van der Waals surface area contributed by atoms with Gasteiger partial charge in [0.15, 0.2) is 0 Å². The summed E-state index contributed by atoms with van der Waals surface area (Å²) in [6, 6.07) is 8.34. The number of aliphatic hydroxyl groups excluding tert-OH is 1. The second-order valence-electron chi connectivity index (χ2n) is 4.84. The van der Waals surface area contributed by atoms with Gasteiger partial charge in [0, 0.05) is 10.1 Å². The molecule has 0 aromatic heterocycles. The van der Waals surface area contributed by atoms with Crippen LogP contribution < -0.4 is 0 Å². The fourth-order valence-corrected chi connectivity index (χ4v) is 3.87. The molecule has 1 atom stereocenters. The summed E-state index contributed by atoms with van der Waals surface area (Å²) >= 11 is 1.97. The molecule has 1 aromatic carbocycles. The van der Waals surface area contributed by atoms with E-state index in [1.54, 1.807) is 0 Å². The van der Waals surface area contributed by atoms with Crippen LogP contribution in [0.3, 0.4) is 0 Å². The van der Waals surface area contributed by atoms with Crippen LogP contribution >= 0.6 is 11.8 Å². The summed E-state index contributed by atoms with van der Waals surface area (Å²) in [5, 5.41) is 10.8. The molecule has 0 spiro atoms. The van der Waals surface area contributed by atoms with Gasteiger partial charge in [-0.1, -0.05) is 44.4 Å². The average molecular weight is 250 g/mol. The molecule has 1 fully saturated rings. The lowest BCUT2D eigenvalue weighted by atomic mass is 10.0. The molecule has 0 aliphatic heterocycles. The predicted molar refractivity (Wildman–Crippen MR) is 74.4 cm³/mol. The van der Waals surface area contributed by atoms with Gasteiger partial charge < -0.3 is 5.11 Å². The van der Waals surface area contributed by atoms with Crippen LogP contribution in [-0.4, -0.2) is 10.4 Å². The van der Waals surface area contributed by atoms with Crippen LogP contribution in [0.15, 0.2) is 29.2 Å². The summed E-state index contributed by atoms with van der Waals surface area (Å²) in [4.78, 5) is 1.29. The highest BCUT2D eigenvalue weighted by Crippen LogP contribution is 2.37. The molecular formula is C15H22OS. The molecule has 0 amide bonds. The summed E-state index contributed by atoms with van der Waals surface area (Å²) in [6.07, 6.45) is 7.30. The monoisotopic (exact) mass is 250 g/mol. The van der Waals surface area contributed by atoms with Crippen LogP contribution in [0.25, 0.3) is 0 Å². The maximum atomic E-state index is 10.0. The van der Waals surface area contributed by atoms with E-state index < -0.39 is 0 Å². The van der Waals surface area contributed by atoms with Crippen molar-refractivity contribution in [1.29, 1.82) is 0 Å². The van der Waals surface area contributed by atoms with Gasteiger partial charge in [-0.05, 0) is 30.9 Å². The van der Waals surface area contributed by atoms with Crippen molar-refractivity contribution in [2.75, 3.05) is 0 Å². The molecule has 2 heteroatoms. The number of aliphatic hydroxyl groups is 1. The molecule has 1 nitrogen and oxygen atoms in total. The third-order valence-electron chi connectivity index (χ3n) is 3.51. The molecule has 0 bridgehead atoms. The van der Waals surface area contributed by atoms with E-state index in [1.807, 2.05) is 24.8 Å². The van der Waals surface area contributed by atoms with Crippen LogP contribution in [0.4, 0.5) is 0 Å². The maximum Gasteiger partial charge on any atom is 0.0798 e. The lowest BCUT2D eigenvalue weighted by Gasteiger charge is -2.23. The third kappa shape index (κ3) is 3.49. The quantitative estimate of drug-likeness (QED) is 0.845. The summed E-state index contributed by atoms with van der Waals surface area (Å²) in [7, 11) is 0. The fraction of sp³-hybridized carbons (Fsp3) is 0.600. The number of hydrogen-bond acceptors (Lipinski definition) is 2. The van der Waals surface area contributed by atoms with Gasteiger partial charge in [0.25, 0.3) is 0 Å². The Bertz CT molecular complexity index is 345. The van der Waals surface area contributed by atoms with E-state index in [0.29, 0.717) is 0 Å². The molecule has 17 heavy (non-hydrogen) atoms. The molecule has 1 aliphatic carbocycles. The minimum atomic E-state index is -0.303. The topological polar surface area (TPSA) is 20.2 Å². The lowest BCUT2D eigenvalue weighted by molar-refractivity contribution is 0.171. The number of hydrogen-bond donors (Lipinski definition) is 1. The average Bonchev–Trinajstić information content (AvgIpc) is 2.40. The normalized spacial score (nSPS) is 19.2. The van der Waals surface area contributed by atoms with Crippen LogP contribution in [0, 0.1) is 0 Å². The van der Waals surface area contributed by atoms with Gasteiger partial charge in [0.2, 0.25) is 0 Å². The van der Waals surface area contributed by atoms with E-state index in [9.17, 15) is 5.11 Å². The highest BCUT2D eigenvalue weighted by atomic mass is 32.2. The van der Waals surface area contributed by atoms with Gasteiger partial charge in [-0.25, -0.2) is 0 Å². The zero-order valence-corrected chi connectivity index (χ0v) is 11.4. The molecule has 94 valence electrons. The summed E-state index contributed by atoms with van der Waals surface area (Å²) in [5.41, 5.74) is 1.12. The predicted octanol–water partition coefficient (Wildman–Crippen LogP) is 4.55. The fourth-order valence-electron chi connectivity index (χ4n) is 2.45. The van der Waals surface area contributed by atoms with Crippen molar-refractivity contribution in [3.63, 3.8) is 0 Å². The Morgan fingerprint density at radius 1 is 1.24 bits per heavy atom. The van der Waals surface area contributed by atoms with Crippen LogP contribution in [0.1, 0.15) is 57.1 Å². The van der Waals surface area contributed by atoms with Crippen molar-refractivity contribution < 1.29 is 5.11 Å². The Balaban J connectivity index is 2.08. The molecule has 0 radical (unpaired) electrons. The molecule has 1 saturated carbocycles. The molecule has 1 aromatic rings. The summed E-state index contributed by atoms with van der Waals surface area (Å²) in [5.74, 6) is 0. The van der Waals surface area contributed by atoms with E-state index in [2.05, 4.69) is 18.2 Å². The SMILES string of the molecule is CCC(O)c1ccccc1SC1CCCCC1. The van der Waals surface area contributed by atoms with Crippen molar-refractivity contribution >= 4 is 11.8 Å². The first kappa shape index (κ1) is 13.0. The van der Waals surface area contributed by atoms with E-state index in [4.69, 9.17) is 0 Å². The highest BCUT2D eigenvalue weighted by Gasteiger charge is 2.17. The minimum Gasteiger partial charge on any atom is -0.388 e. The van der Waals surface area contributed by atoms with E-state index in [0.717, 1.165) is 17.2 Å². The smallest absolute Gasteiger partial charge is 0.0798 e. The number of rotatable bonds is 4. The first-order valence-electron chi connectivity index (χ1n) is 6.75. The largest absolute Gasteiger partial charge is 0.388 e. The van der Waals surface area contributed by atoms with E-state index >= 15 is 0 Å². The molecule has 1 aliphatic rings. The Hall–Kier alpha value is -0.470. The number of thioether (sulfide) groups is 1. The van der Waals surface area contributed by atoms with Crippen molar-refractivity contribution in [2.24, 2.45) is 0 Å². The Kier molecular flexibility index (Phi) is 4.93. The summed E-state index contributed by atoms with van der Waals surface area (Å²) in [6.45, 7) is 2.03. The van der Waals surface area contributed by atoms with Crippen molar-refractivity contribution in [1.82, 2.24) is 0 Å². The van der Waals surface area contributed by atoms with Crippen molar-refractivity contribution in [2.45, 2.75) is 61.7 Å². The summed E-state index contributed by atoms with van der Waals surface area (Å²) < 4.78 is 0. The van der Waals surface area contributed by atoms with Gasteiger partial charge >= 0.3 is 0 Å². The van der Waals surface area contributed by atoms with Gasteiger partial charge in [0.1, 0.15) is 0 Å². The molecule has 0 heterocycles. The standard InChI is InChI=1S/C15H22OS/c1-2-14(16)13-10-6-7-11-15(13)17-12-8-4-3-5-9-12/h6-7,10-12,14,16H,2-5,8-9H2,1H3. The molecule has 1 unspecified atom stereocenters. The molecule has 2 rings (SSSR count). The van der Waals surface area contributed by atoms with E-state index in [1.165, 1.54) is 37.0 Å². The lowest BCUT2D eigenvalue weighted by Crippen LogP contribution is -2.08. The van der Waals surface area contributed by atoms with Crippen LogP contribution in [0.5, 0.6) is 0 Å². The van der Waals surface area contributed by atoms with E-state index in [-0.39, 0.29) is 6.10 Å². The zero-order valence-electron chi connectivity index (χ0n) is 10.6. The second kappa shape index (κ2) is 6.46. The maximum absolute atomic E-state index is 10.0. The Morgan fingerprint density at radius 3 is 2.65 bits per heavy atom. The zero-order chi connectivity index (χ0) is 12.1. The van der Waals surface area contributed by atoms with Crippen LogP contribution in [-0.2, 0) is 0 Å². The van der Waals surface area contributed by atoms with Gasteiger partial charge in [0.05, 0.1) is 6.10 Å². The van der Waals surface area contributed by atoms with Crippen LogP contribution in [0.2, 0.25) is 0 Å². The molecular weight excluding hydrogens is 228 g/mol. The third-order valence-corrected chi connectivity index (χ3v) is 4.94. The Morgan fingerprint density at radius 2 is 1.94 bits per heavy atom. The first-order chi connectivity index (χ1) is 8.31. The van der Waals surface area contributed by atoms with Gasteiger partial charge in [-0.2, -0.15) is 0 Å². The molecule has 0 saturated heterocycles. The second-order valence-corrected chi connectivity index (χ2v) is 6.18. The van der Waals surface area contributed by atoms with Crippen molar-refractivity contribution in [3.05, 3.63) is 29.8 Å².